The minimum atomic E-state index is -0.575. The second kappa shape index (κ2) is 6.96. The first-order chi connectivity index (χ1) is 12.1. The SMILES string of the molecule is Fc1cccc2ncccc12.O=[N+]([O-])c1ccc(F)c2cccnc12. The highest BCUT2D eigenvalue weighted by Crippen LogP contribution is 2.24. The average Bonchev–Trinajstić information content (AvgIpc) is 2.63. The number of halogens is 2. The van der Waals surface area contributed by atoms with Crippen molar-refractivity contribution in [2.45, 2.75) is 0 Å². The highest BCUT2D eigenvalue weighted by molar-refractivity contribution is 5.87. The minimum Gasteiger partial charge on any atom is -0.258 e. The lowest BCUT2D eigenvalue weighted by Gasteiger charge is -1.98. The first kappa shape index (κ1) is 16.4. The average molecular weight is 339 g/mol. The first-order valence-corrected chi connectivity index (χ1v) is 7.25. The van der Waals surface area contributed by atoms with E-state index in [1.54, 1.807) is 30.5 Å². The fourth-order valence-electron chi connectivity index (χ4n) is 2.34. The molecular formula is C18H11F2N3O2. The molecule has 5 nitrogen and oxygen atoms in total. The molecule has 4 rings (SSSR count). The third-order valence-electron chi connectivity index (χ3n) is 3.48. The van der Waals surface area contributed by atoms with E-state index in [4.69, 9.17) is 0 Å². The van der Waals surface area contributed by atoms with Gasteiger partial charge < -0.3 is 0 Å². The van der Waals surface area contributed by atoms with Crippen molar-refractivity contribution in [3.63, 3.8) is 0 Å². The second-order valence-electron chi connectivity index (χ2n) is 5.03. The van der Waals surface area contributed by atoms with Crippen molar-refractivity contribution in [3.8, 4) is 0 Å². The van der Waals surface area contributed by atoms with Gasteiger partial charge in [-0.05, 0) is 42.5 Å². The van der Waals surface area contributed by atoms with Gasteiger partial charge >= 0.3 is 0 Å². The smallest absolute Gasteiger partial charge is 0.258 e. The Balaban J connectivity index is 0.000000150. The summed E-state index contributed by atoms with van der Waals surface area (Å²) in [4.78, 5) is 17.8. The molecule has 0 aliphatic heterocycles. The molecule has 0 radical (unpaired) electrons. The van der Waals surface area contributed by atoms with Gasteiger partial charge in [0.05, 0.1) is 10.4 Å². The molecule has 0 unspecified atom stereocenters. The maximum atomic E-state index is 13.2. The van der Waals surface area contributed by atoms with Crippen molar-refractivity contribution in [2.75, 3.05) is 0 Å². The van der Waals surface area contributed by atoms with Gasteiger partial charge in [-0.25, -0.2) is 13.8 Å². The van der Waals surface area contributed by atoms with Gasteiger partial charge in [-0.3, -0.25) is 15.1 Å². The Kier molecular flexibility index (Phi) is 4.56. The number of hydrogen-bond donors (Lipinski definition) is 0. The van der Waals surface area contributed by atoms with E-state index in [1.165, 1.54) is 24.4 Å². The number of non-ortho nitro benzene ring substituents is 1. The van der Waals surface area contributed by atoms with Gasteiger partial charge in [0.2, 0.25) is 0 Å². The molecule has 2 heterocycles. The normalized spacial score (nSPS) is 10.3. The van der Waals surface area contributed by atoms with Crippen LogP contribution in [0.15, 0.2) is 67.0 Å². The molecule has 0 atom stereocenters. The summed E-state index contributed by atoms with van der Waals surface area (Å²) >= 11 is 0. The zero-order valence-electron chi connectivity index (χ0n) is 12.8. The summed E-state index contributed by atoms with van der Waals surface area (Å²) < 4.78 is 26.1. The van der Waals surface area contributed by atoms with Crippen LogP contribution in [-0.4, -0.2) is 14.9 Å². The molecule has 0 N–H and O–H groups in total. The van der Waals surface area contributed by atoms with Gasteiger partial charge in [-0.2, -0.15) is 0 Å². The van der Waals surface area contributed by atoms with Crippen LogP contribution in [0.1, 0.15) is 0 Å². The van der Waals surface area contributed by atoms with E-state index in [0.717, 1.165) is 12.1 Å². The van der Waals surface area contributed by atoms with Crippen LogP contribution < -0.4 is 0 Å². The molecule has 0 amide bonds. The Morgan fingerprint density at radius 2 is 1.48 bits per heavy atom. The molecule has 0 saturated heterocycles. The molecule has 124 valence electrons. The standard InChI is InChI=1S/C9H5FN2O2.C9H6FN/c10-7-3-4-8(12(13)14)9-6(7)2-1-5-11-9;10-8-4-1-5-9-7(8)3-2-6-11-9/h1-5H;1-6H. The van der Waals surface area contributed by atoms with Crippen LogP contribution in [0.25, 0.3) is 21.8 Å². The second-order valence-corrected chi connectivity index (χ2v) is 5.03. The number of aromatic nitrogens is 2. The van der Waals surface area contributed by atoms with Crippen LogP contribution in [-0.2, 0) is 0 Å². The lowest BCUT2D eigenvalue weighted by molar-refractivity contribution is -0.383. The third-order valence-corrected chi connectivity index (χ3v) is 3.48. The van der Waals surface area contributed by atoms with Gasteiger partial charge in [0.25, 0.3) is 5.69 Å². The number of nitro groups is 1. The molecule has 25 heavy (non-hydrogen) atoms. The highest BCUT2D eigenvalue weighted by Gasteiger charge is 2.14. The lowest BCUT2D eigenvalue weighted by Crippen LogP contribution is -1.92. The zero-order valence-corrected chi connectivity index (χ0v) is 12.8. The monoisotopic (exact) mass is 339 g/mol. The number of benzene rings is 2. The largest absolute Gasteiger partial charge is 0.295 e. The van der Waals surface area contributed by atoms with Gasteiger partial charge in [0, 0.05) is 29.2 Å². The van der Waals surface area contributed by atoms with Crippen LogP contribution in [0.2, 0.25) is 0 Å². The van der Waals surface area contributed by atoms with Crippen molar-refractivity contribution < 1.29 is 13.7 Å². The van der Waals surface area contributed by atoms with E-state index in [9.17, 15) is 18.9 Å². The Morgan fingerprint density at radius 1 is 0.800 bits per heavy atom. The van der Waals surface area contributed by atoms with E-state index in [0.29, 0.717) is 10.9 Å². The van der Waals surface area contributed by atoms with Crippen LogP contribution >= 0.6 is 0 Å². The Labute approximate surface area is 140 Å². The fourth-order valence-corrected chi connectivity index (χ4v) is 2.34. The molecule has 0 aliphatic rings. The van der Waals surface area contributed by atoms with Crippen molar-refractivity contribution in [1.82, 2.24) is 9.97 Å². The third kappa shape index (κ3) is 3.40. The van der Waals surface area contributed by atoms with Crippen LogP contribution in [0.5, 0.6) is 0 Å². The van der Waals surface area contributed by atoms with Crippen molar-refractivity contribution in [1.29, 1.82) is 0 Å². The number of fused-ring (bicyclic) bond motifs is 2. The molecule has 2 aromatic carbocycles. The maximum absolute atomic E-state index is 13.2. The van der Waals surface area contributed by atoms with Gasteiger partial charge in [-0.1, -0.05) is 6.07 Å². The van der Waals surface area contributed by atoms with Gasteiger partial charge in [-0.15, -0.1) is 0 Å². The number of rotatable bonds is 1. The van der Waals surface area contributed by atoms with Gasteiger partial charge in [0.15, 0.2) is 5.52 Å². The summed E-state index contributed by atoms with van der Waals surface area (Å²) in [5, 5.41) is 11.3. The van der Waals surface area contributed by atoms with Crippen LogP contribution in [0.4, 0.5) is 14.5 Å². The first-order valence-electron chi connectivity index (χ1n) is 7.25. The molecule has 4 aromatic rings. The summed E-state index contributed by atoms with van der Waals surface area (Å²) in [6, 6.07) is 13.5. The summed E-state index contributed by atoms with van der Waals surface area (Å²) in [5.74, 6) is -0.714. The Morgan fingerprint density at radius 3 is 2.20 bits per heavy atom. The van der Waals surface area contributed by atoms with Gasteiger partial charge in [0.1, 0.15) is 11.6 Å². The summed E-state index contributed by atoms with van der Waals surface area (Å²) in [7, 11) is 0. The predicted molar refractivity (Wildman–Crippen MR) is 90.1 cm³/mol. The number of nitrogens with zero attached hydrogens (tertiary/aromatic N) is 3. The zero-order chi connectivity index (χ0) is 17.8. The molecule has 0 fully saturated rings. The molecule has 7 heteroatoms. The molecular weight excluding hydrogens is 328 g/mol. The van der Waals surface area contributed by atoms with Crippen LogP contribution in [0.3, 0.4) is 0 Å². The van der Waals surface area contributed by atoms with Crippen molar-refractivity contribution >= 4 is 27.5 Å². The highest BCUT2D eigenvalue weighted by atomic mass is 19.1. The topological polar surface area (TPSA) is 68.9 Å². The van der Waals surface area contributed by atoms with Crippen molar-refractivity contribution in [2.24, 2.45) is 0 Å². The molecule has 0 saturated carbocycles. The minimum absolute atomic E-state index is 0.0810. The lowest BCUT2D eigenvalue weighted by atomic mass is 10.2. The number of nitro benzene ring substituents is 1. The van der Waals surface area contributed by atoms with E-state index >= 15 is 0 Å². The fraction of sp³-hybridized carbons (Fsp3) is 0. The number of pyridine rings is 2. The van der Waals surface area contributed by atoms with Crippen LogP contribution in [0, 0.1) is 21.7 Å². The maximum Gasteiger partial charge on any atom is 0.295 e. The molecule has 2 aromatic heterocycles. The van der Waals surface area contributed by atoms with E-state index < -0.39 is 10.7 Å². The molecule has 0 spiro atoms. The summed E-state index contributed by atoms with van der Waals surface area (Å²) in [6.45, 7) is 0. The molecule has 0 bridgehead atoms. The van der Waals surface area contributed by atoms with Crippen molar-refractivity contribution in [3.05, 3.63) is 88.7 Å². The Bertz CT molecular complexity index is 1060. The molecule has 0 aliphatic carbocycles. The number of hydrogen-bond acceptors (Lipinski definition) is 4. The summed E-state index contributed by atoms with van der Waals surface area (Å²) in [5.41, 5.74) is 0.604. The van der Waals surface area contributed by atoms with E-state index in [-0.39, 0.29) is 22.4 Å². The quantitative estimate of drug-likeness (QED) is 0.374. The summed E-state index contributed by atoms with van der Waals surface area (Å²) in [6.07, 6.45) is 3.05. The Hall–Kier alpha value is -3.48. The van der Waals surface area contributed by atoms with E-state index in [1.807, 2.05) is 0 Å². The predicted octanol–water partition coefficient (Wildman–Crippen LogP) is 4.66. The van der Waals surface area contributed by atoms with E-state index in [2.05, 4.69) is 9.97 Å².